The number of hydrogen-bond acceptors (Lipinski definition) is 4. The fourth-order valence-electron chi connectivity index (χ4n) is 3.81. The molecule has 0 aliphatic carbocycles. The number of hydrogen-bond donors (Lipinski definition) is 1. The van der Waals surface area contributed by atoms with Crippen molar-refractivity contribution < 1.29 is 18.0 Å². The maximum atomic E-state index is 13.7. The van der Waals surface area contributed by atoms with Gasteiger partial charge in [-0.1, -0.05) is 61.9 Å². The maximum absolute atomic E-state index is 13.7. The van der Waals surface area contributed by atoms with Crippen LogP contribution in [0.5, 0.6) is 0 Å². The first-order valence-corrected chi connectivity index (χ1v) is 13.5. The van der Waals surface area contributed by atoms with Gasteiger partial charge < -0.3 is 10.2 Å². The molecule has 0 aromatic heterocycles. The smallest absolute Gasteiger partial charge is 0.244 e. The minimum absolute atomic E-state index is 0.0306. The Hall–Kier alpha value is -2.87. The zero-order valence-corrected chi connectivity index (χ0v) is 21.9. The normalized spacial score (nSPS) is 13.1. The first-order valence-electron chi connectivity index (χ1n) is 11.7. The largest absolute Gasteiger partial charge is 0.352 e. The predicted molar refractivity (Wildman–Crippen MR) is 137 cm³/mol. The summed E-state index contributed by atoms with van der Waals surface area (Å²) in [4.78, 5) is 28.3. The molecule has 0 fully saturated rings. The van der Waals surface area contributed by atoms with Crippen molar-refractivity contribution in [3.8, 4) is 0 Å². The number of nitrogens with zero attached hydrogens (tertiary/aromatic N) is 2. The molecule has 186 valence electrons. The molecule has 1 N–H and O–H groups in total. The highest BCUT2D eigenvalue weighted by Gasteiger charge is 2.32. The van der Waals surface area contributed by atoms with Crippen LogP contribution >= 0.6 is 0 Å². The SMILES string of the molecule is CC[C@H](C(=O)N[C@@H](C)CC)N(Cc1cccc(C)c1)C(=O)CN(c1ccccc1C)S(C)(=O)=O. The van der Waals surface area contributed by atoms with E-state index in [0.717, 1.165) is 33.7 Å². The van der Waals surface area contributed by atoms with E-state index in [-0.39, 0.29) is 25.0 Å². The number of nitrogens with one attached hydrogen (secondary N) is 1. The Bertz CT molecular complexity index is 1100. The quantitative estimate of drug-likeness (QED) is 0.522. The van der Waals surface area contributed by atoms with Crippen molar-refractivity contribution in [1.29, 1.82) is 0 Å². The summed E-state index contributed by atoms with van der Waals surface area (Å²) in [5.74, 6) is -0.666. The summed E-state index contributed by atoms with van der Waals surface area (Å²) < 4.78 is 26.5. The van der Waals surface area contributed by atoms with Crippen LogP contribution in [0.25, 0.3) is 0 Å². The minimum atomic E-state index is -3.74. The lowest BCUT2D eigenvalue weighted by molar-refractivity contribution is -0.140. The van der Waals surface area contributed by atoms with Gasteiger partial charge in [0.15, 0.2) is 0 Å². The van der Waals surface area contributed by atoms with Crippen LogP contribution in [0.1, 0.15) is 50.3 Å². The first-order chi connectivity index (χ1) is 16.0. The lowest BCUT2D eigenvalue weighted by Gasteiger charge is -2.33. The zero-order chi connectivity index (χ0) is 25.5. The Kier molecular flexibility index (Phi) is 9.67. The third-order valence-corrected chi connectivity index (χ3v) is 7.01. The van der Waals surface area contributed by atoms with Crippen molar-refractivity contribution in [2.75, 3.05) is 17.1 Å². The van der Waals surface area contributed by atoms with Crippen molar-refractivity contribution in [1.82, 2.24) is 10.2 Å². The molecule has 0 saturated carbocycles. The Morgan fingerprint density at radius 3 is 2.24 bits per heavy atom. The number of carbonyl (C=O) groups is 2. The highest BCUT2D eigenvalue weighted by molar-refractivity contribution is 7.92. The molecule has 0 spiro atoms. The third kappa shape index (κ3) is 7.32. The van der Waals surface area contributed by atoms with E-state index in [1.807, 2.05) is 58.0 Å². The van der Waals surface area contributed by atoms with Gasteiger partial charge in [0.25, 0.3) is 0 Å². The highest BCUT2D eigenvalue weighted by Crippen LogP contribution is 2.23. The van der Waals surface area contributed by atoms with Gasteiger partial charge in [-0.2, -0.15) is 0 Å². The van der Waals surface area contributed by atoms with E-state index in [1.54, 1.807) is 25.1 Å². The van der Waals surface area contributed by atoms with E-state index in [2.05, 4.69) is 5.32 Å². The number of amides is 2. The van der Waals surface area contributed by atoms with Crippen LogP contribution in [0.15, 0.2) is 48.5 Å². The van der Waals surface area contributed by atoms with Crippen LogP contribution < -0.4 is 9.62 Å². The summed E-state index contributed by atoms with van der Waals surface area (Å²) in [5, 5.41) is 2.97. The molecular weight excluding hydrogens is 450 g/mol. The number of carbonyl (C=O) groups excluding carboxylic acids is 2. The van der Waals surface area contributed by atoms with E-state index >= 15 is 0 Å². The van der Waals surface area contributed by atoms with E-state index < -0.39 is 22.0 Å². The summed E-state index contributed by atoms with van der Waals surface area (Å²) >= 11 is 0. The van der Waals surface area contributed by atoms with Gasteiger partial charge >= 0.3 is 0 Å². The first kappa shape index (κ1) is 27.4. The lowest BCUT2D eigenvalue weighted by atomic mass is 10.1. The average Bonchev–Trinajstić information content (AvgIpc) is 2.77. The van der Waals surface area contributed by atoms with Crippen molar-refractivity contribution in [2.24, 2.45) is 0 Å². The lowest BCUT2D eigenvalue weighted by Crippen LogP contribution is -2.53. The molecule has 2 aromatic carbocycles. The van der Waals surface area contributed by atoms with Crippen molar-refractivity contribution in [3.63, 3.8) is 0 Å². The predicted octanol–water partition coefficient (Wildman–Crippen LogP) is 3.79. The molecule has 0 bridgehead atoms. The van der Waals surface area contributed by atoms with Crippen LogP contribution in [0, 0.1) is 13.8 Å². The molecular formula is C26H37N3O4S. The summed E-state index contributed by atoms with van der Waals surface area (Å²) in [5.41, 5.74) is 3.11. The van der Waals surface area contributed by atoms with Crippen molar-refractivity contribution in [2.45, 2.75) is 66.1 Å². The summed E-state index contributed by atoms with van der Waals surface area (Å²) in [6.07, 6.45) is 2.26. The van der Waals surface area contributed by atoms with Gasteiger partial charge in [-0.05, 0) is 50.8 Å². The minimum Gasteiger partial charge on any atom is -0.352 e. The Balaban J connectivity index is 2.45. The van der Waals surface area contributed by atoms with Gasteiger partial charge in [-0.25, -0.2) is 8.42 Å². The molecule has 7 nitrogen and oxygen atoms in total. The molecule has 0 aliphatic heterocycles. The van der Waals surface area contributed by atoms with Crippen LogP contribution in [-0.2, 0) is 26.2 Å². The van der Waals surface area contributed by atoms with Crippen LogP contribution in [-0.4, -0.2) is 50.0 Å². The number of aryl methyl sites for hydroxylation is 2. The second-order valence-corrected chi connectivity index (χ2v) is 10.7. The van der Waals surface area contributed by atoms with Gasteiger partial charge in [0.2, 0.25) is 21.8 Å². The van der Waals surface area contributed by atoms with Crippen LogP contribution in [0.4, 0.5) is 5.69 Å². The van der Waals surface area contributed by atoms with Gasteiger partial charge in [-0.3, -0.25) is 13.9 Å². The summed E-state index contributed by atoms with van der Waals surface area (Å²) in [7, 11) is -3.74. The summed E-state index contributed by atoms with van der Waals surface area (Å²) in [6.45, 7) is 9.34. The maximum Gasteiger partial charge on any atom is 0.244 e. The number of rotatable bonds is 11. The molecule has 0 aliphatic rings. The standard InChI is InChI=1S/C26H37N3O4S/c1-7-21(5)27-26(31)23(8-2)28(17-22-14-11-12-19(3)16-22)25(30)18-29(34(6,32)33)24-15-10-9-13-20(24)4/h9-16,21,23H,7-8,17-18H2,1-6H3,(H,27,31)/t21-,23+/m0/s1. The summed E-state index contributed by atoms with van der Waals surface area (Å²) in [6, 6.07) is 14.0. The molecule has 0 saturated heterocycles. The third-order valence-electron chi connectivity index (χ3n) is 5.89. The molecule has 2 rings (SSSR count). The van der Waals surface area contributed by atoms with E-state index in [9.17, 15) is 18.0 Å². The fraction of sp³-hybridized carbons (Fsp3) is 0.462. The second kappa shape index (κ2) is 12.0. The Morgan fingerprint density at radius 1 is 1.00 bits per heavy atom. The molecule has 0 radical (unpaired) electrons. The Morgan fingerprint density at radius 2 is 1.68 bits per heavy atom. The molecule has 0 heterocycles. The van der Waals surface area contributed by atoms with Gasteiger partial charge in [0, 0.05) is 12.6 Å². The van der Waals surface area contributed by atoms with E-state index in [0.29, 0.717) is 12.1 Å². The van der Waals surface area contributed by atoms with Crippen LogP contribution in [0.3, 0.4) is 0 Å². The van der Waals surface area contributed by atoms with Gasteiger partial charge in [-0.15, -0.1) is 0 Å². The molecule has 34 heavy (non-hydrogen) atoms. The molecule has 2 aromatic rings. The monoisotopic (exact) mass is 487 g/mol. The number of anilines is 1. The molecule has 8 heteroatoms. The zero-order valence-electron chi connectivity index (χ0n) is 21.0. The number of benzene rings is 2. The Labute approximate surface area is 204 Å². The van der Waals surface area contributed by atoms with Gasteiger partial charge in [0.1, 0.15) is 12.6 Å². The number of sulfonamides is 1. The van der Waals surface area contributed by atoms with Crippen molar-refractivity contribution >= 4 is 27.5 Å². The highest BCUT2D eigenvalue weighted by atomic mass is 32.2. The number of para-hydroxylation sites is 1. The molecule has 2 amide bonds. The molecule has 2 atom stereocenters. The van der Waals surface area contributed by atoms with E-state index in [4.69, 9.17) is 0 Å². The van der Waals surface area contributed by atoms with E-state index in [1.165, 1.54) is 4.90 Å². The van der Waals surface area contributed by atoms with Crippen LogP contribution in [0.2, 0.25) is 0 Å². The fourth-order valence-corrected chi connectivity index (χ4v) is 4.71. The topological polar surface area (TPSA) is 86.8 Å². The van der Waals surface area contributed by atoms with Gasteiger partial charge in [0.05, 0.1) is 11.9 Å². The van der Waals surface area contributed by atoms with Crippen molar-refractivity contribution in [3.05, 3.63) is 65.2 Å². The molecule has 0 unspecified atom stereocenters. The average molecular weight is 488 g/mol. The second-order valence-electron chi connectivity index (χ2n) is 8.81.